The third-order valence-corrected chi connectivity index (χ3v) is 4.98. The molecule has 1 fully saturated rings. The SMILES string of the molecule is Cc1c(C(=O)N2CCCCC[C@@H]2c2ccncc2)cnn1C(C)(C)C. The lowest BCUT2D eigenvalue weighted by molar-refractivity contribution is 0.0679. The highest BCUT2D eigenvalue weighted by Gasteiger charge is 2.30. The maximum Gasteiger partial charge on any atom is 0.257 e. The lowest BCUT2D eigenvalue weighted by atomic mass is 10.0. The van der Waals surface area contributed by atoms with Gasteiger partial charge in [-0.05, 0) is 58.2 Å². The van der Waals surface area contributed by atoms with Crippen LogP contribution in [0.2, 0.25) is 0 Å². The van der Waals surface area contributed by atoms with Crippen molar-refractivity contribution in [3.05, 3.63) is 47.5 Å². The van der Waals surface area contributed by atoms with Crippen LogP contribution in [0.25, 0.3) is 0 Å². The van der Waals surface area contributed by atoms with Crippen LogP contribution in [0.5, 0.6) is 0 Å². The molecule has 1 amide bonds. The van der Waals surface area contributed by atoms with E-state index in [1.165, 1.54) is 12.0 Å². The average Bonchev–Trinajstić information content (AvgIpc) is 2.82. The van der Waals surface area contributed by atoms with Gasteiger partial charge in [0.2, 0.25) is 0 Å². The number of carbonyl (C=O) groups excluding carboxylic acids is 1. The maximum atomic E-state index is 13.4. The summed E-state index contributed by atoms with van der Waals surface area (Å²) < 4.78 is 1.94. The lowest BCUT2D eigenvalue weighted by Gasteiger charge is -2.30. The summed E-state index contributed by atoms with van der Waals surface area (Å²) in [7, 11) is 0. The molecule has 2 aromatic heterocycles. The van der Waals surface area contributed by atoms with Crippen LogP contribution in [0.3, 0.4) is 0 Å². The van der Waals surface area contributed by atoms with E-state index in [0.29, 0.717) is 0 Å². The molecule has 134 valence electrons. The molecule has 0 bridgehead atoms. The fraction of sp³-hybridized carbons (Fsp3) is 0.550. The van der Waals surface area contributed by atoms with E-state index in [1.807, 2.05) is 41.0 Å². The Balaban J connectivity index is 1.94. The Morgan fingerprint density at radius 2 is 1.88 bits per heavy atom. The van der Waals surface area contributed by atoms with Gasteiger partial charge in [-0.2, -0.15) is 5.10 Å². The molecule has 5 heteroatoms. The number of carbonyl (C=O) groups is 1. The van der Waals surface area contributed by atoms with Crippen LogP contribution < -0.4 is 0 Å². The van der Waals surface area contributed by atoms with E-state index in [0.717, 1.165) is 37.1 Å². The first-order valence-corrected chi connectivity index (χ1v) is 9.15. The van der Waals surface area contributed by atoms with E-state index in [-0.39, 0.29) is 17.5 Å². The number of amides is 1. The topological polar surface area (TPSA) is 51.0 Å². The molecule has 25 heavy (non-hydrogen) atoms. The number of hydrogen-bond donors (Lipinski definition) is 0. The van der Waals surface area contributed by atoms with Gasteiger partial charge in [0.1, 0.15) is 0 Å². The van der Waals surface area contributed by atoms with E-state index < -0.39 is 0 Å². The summed E-state index contributed by atoms with van der Waals surface area (Å²) in [6.45, 7) is 9.10. The number of rotatable bonds is 2. The molecule has 1 saturated heterocycles. The van der Waals surface area contributed by atoms with Crippen molar-refractivity contribution in [2.75, 3.05) is 6.54 Å². The highest BCUT2D eigenvalue weighted by molar-refractivity contribution is 5.95. The van der Waals surface area contributed by atoms with Crippen LogP contribution in [0, 0.1) is 6.92 Å². The van der Waals surface area contributed by atoms with Crippen molar-refractivity contribution in [2.24, 2.45) is 0 Å². The van der Waals surface area contributed by atoms with Gasteiger partial charge in [0.15, 0.2) is 0 Å². The first-order chi connectivity index (χ1) is 11.9. The standard InChI is InChI=1S/C20H28N4O/c1-15-17(14-22-24(15)20(2,3)4)19(25)23-13-7-5-6-8-18(23)16-9-11-21-12-10-16/h9-12,14,18H,5-8,13H2,1-4H3/t18-/m1/s1. The highest BCUT2D eigenvalue weighted by atomic mass is 16.2. The van der Waals surface area contributed by atoms with Gasteiger partial charge in [0, 0.05) is 24.6 Å². The molecule has 1 aliphatic heterocycles. The van der Waals surface area contributed by atoms with Crippen LogP contribution in [-0.2, 0) is 5.54 Å². The van der Waals surface area contributed by atoms with E-state index in [2.05, 4.69) is 30.9 Å². The molecule has 0 N–H and O–H groups in total. The van der Waals surface area contributed by atoms with E-state index >= 15 is 0 Å². The number of likely N-dealkylation sites (tertiary alicyclic amines) is 1. The Bertz CT molecular complexity index is 730. The zero-order chi connectivity index (χ0) is 18.0. The average molecular weight is 340 g/mol. The molecule has 2 aromatic rings. The molecule has 0 aromatic carbocycles. The molecule has 0 radical (unpaired) electrons. The second-order valence-electron chi connectivity index (χ2n) is 7.87. The minimum atomic E-state index is -0.133. The Labute approximate surface area is 150 Å². The largest absolute Gasteiger partial charge is 0.332 e. The normalized spacial score (nSPS) is 18.9. The molecular formula is C20H28N4O. The molecule has 1 aliphatic rings. The van der Waals surface area contributed by atoms with E-state index in [9.17, 15) is 4.79 Å². The highest BCUT2D eigenvalue weighted by Crippen LogP contribution is 2.32. The van der Waals surface area contributed by atoms with Crippen LogP contribution >= 0.6 is 0 Å². The summed E-state index contributed by atoms with van der Waals surface area (Å²) in [6, 6.07) is 4.18. The Hall–Kier alpha value is -2.17. The molecule has 0 aliphatic carbocycles. The number of pyridine rings is 1. The Kier molecular flexibility index (Phi) is 4.93. The van der Waals surface area contributed by atoms with E-state index in [1.54, 1.807) is 6.20 Å². The first-order valence-electron chi connectivity index (χ1n) is 9.15. The molecule has 1 atom stereocenters. The van der Waals surface area contributed by atoms with Crippen molar-refractivity contribution >= 4 is 5.91 Å². The monoisotopic (exact) mass is 340 g/mol. The Morgan fingerprint density at radius 1 is 1.16 bits per heavy atom. The molecule has 0 unspecified atom stereocenters. The van der Waals surface area contributed by atoms with Crippen molar-refractivity contribution in [2.45, 2.75) is 65.0 Å². The molecule has 0 saturated carbocycles. The van der Waals surface area contributed by atoms with Crippen molar-refractivity contribution in [1.29, 1.82) is 0 Å². The van der Waals surface area contributed by atoms with Crippen molar-refractivity contribution < 1.29 is 4.79 Å². The van der Waals surface area contributed by atoms with Gasteiger partial charge in [-0.25, -0.2) is 0 Å². The Morgan fingerprint density at radius 3 is 2.52 bits per heavy atom. The fourth-order valence-corrected chi connectivity index (χ4v) is 3.73. The van der Waals surface area contributed by atoms with Crippen molar-refractivity contribution in [1.82, 2.24) is 19.7 Å². The van der Waals surface area contributed by atoms with Gasteiger partial charge >= 0.3 is 0 Å². The zero-order valence-corrected chi connectivity index (χ0v) is 15.7. The second-order valence-corrected chi connectivity index (χ2v) is 7.87. The van der Waals surface area contributed by atoms with Crippen LogP contribution in [0.15, 0.2) is 30.7 Å². The summed E-state index contributed by atoms with van der Waals surface area (Å²) in [5, 5.41) is 4.48. The second kappa shape index (κ2) is 6.98. The molecule has 3 rings (SSSR count). The molecular weight excluding hydrogens is 312 g/mol. The predicted octanol–water partition coefficient (Wildman–Crippen LogP) is 4.10. The minimum absolute atomic E-state index is 0.0942. The third kappa shape index (κ3) is 3.60. The smallest absolute Gasteiger partial charge is 0.257 e. The summed E-state index contributed by atoms with van der Waals surface area (Å²) in [5.41, 5.74) is 2.70. The molecule has 3 heterocycles. The lowest BCUT2D eigenvalue weighted by Crippen LogP contribution is -2.35. The summed E-state index contributed by atoms with van der Waals surface area (Å²) in [6.07, 6.45) is 9.74. The summed E-state index contributed by atoms with van der Waals surface area (Å²) in [5.74, 6) is 0.0942. The van der Waals surface area contributed by atoms with Crippen molar-refractivity contribution in [3.63, 3.8) is 0 Å². The van der Waals surface area contributed by atoms with Gasteiger partial charge in [-0.3, -0.25) is 14.5 Å². The van der Waals surface area contributed by atoms with E-state index in [4.69, 9.17) is 0 Å². The van der Waals surface area contributed by atoms with Gasteiger partial charge < -0.3 is 4.90 Å². The van der Waals surface area contributed by atoms with Crippen LogP contribution in [0.1, 0.15) is 74.1 Å². The number of hydrogen-bond acceptors (Lipinski definition) is 3. The zero-order valence-electron chi connectivity index (χ0n) is 15.7. The van der Waals surface area contributed by atoms with Gasteiger partial charge in [-0.15, -0.1) is 0 Å². The fourth-order valence-electron chi connectivity index (χ4n) is 3.73. The summed E-state index contributed by atoms with van der Waals surface area (Å²) >= 11 is 0. The van der Waals surface area contributed by atoms with Gasteiger partial charge in [-0.1, -0.05) is 12.8 Å². The van der Waals surface area contributed by atoms with Crippen LogP contribution in [-0.4, -0.2) is 32.1 Å². The number of nitrogens with zero attached hydrogens (tertiary/aromatic N) is 4. The first kappa shape index (κ1) is 17.6. The van der Waals surface area contributed by atoms with Crippen molar-refractivity contribution in [3.8, 4) is 0 Å². The maximum absolute atomic E-state index is 13.4. The van der Waals surface area contributed by atoms with Gasteiger partial charge in [0.25, 0.3) is 5.91 Å². The third-order valence-electron chi connectivity index (χ3n) is 4.98. The molecule has 0 spiro atoms. The number of aromatic nitrogens is 3. The summed E-state index contributed by atoms with van der Waals surface area (Å²) in [4.78, 5) is 19.5. The molecule has 5 nitrogen and oxygen atoms in total. The predicted molar refractivity (Wildman–Crippen MR) is 98.4 cm³/mol. The minimum Gasteiger partial charge on any atom is -0.332 e. The van der Waals surface area contributed by atoms with Crippen LogP contribution in [0.4, 0.5) is 0 Å². The quantitative estimate of drug-likeness (QED) is 0.827. The van der Waals surface area contributed by atoms with Gasteiger partial charge in [0.05, 0.1) is 23.3 Å².